The highest BCUT2D eigenvalue weighted by Gasteiger charge is 2.21. The maximum absolute atomic E-state index is 8.99. The topological polar surface area (TPSA) is 27.0 Å². The first-order valence-corrected chi connectivity index (χ1v) is 6.00. The lowest BCUT2D eigenvalue weighted by Crippen LogP contribution is -2.07. The fraction of sp³-hybridized carbons (Fsp3) is 0.267. The van der Waals surface area contributed by atoms with Crippen LogP contribution in [0, 0.1) is 11.5 Å². The first-order valence-electron chi connectivity index (χ1n) is 6.00. The summed E-state index contributed by atoms with van der Waals surface area (Å²) in [6, 6.07) is 6.42. The number of hydrogen-bond acceptors (Lipinski definition) is 2. The highest BCUT2D eigenvalue weighted by Crippen LogP contribution is 2.32. The largest absolute Gasteiger partial charge is 0.302 e. The third-order valence-corrected chi connectivity index (χ3v) is 3.48. The molecule has 0 spiro atoms. The first-order chi connectivity index (χ1) is 8.38. The maximum atomic E-state index is 8.99. The van der Waals surface area contributed by atoms with Crippen LogP contribution in [0.1, 0.15) is 29.5 Å². The highest BCUT2D eigenvalue weighted by atomic mass is 15.1. The van der Waals surface area contributed by atoms with E-state index >= 15 is 0 Å². The van der Waals surface area contributed by atoms with Crippen LogP contribution >= 0.6 is 0 Å². The van der Waals surface area contributed by atoms with E-state index in [4.69, 9.17) is 5.26 Å². The molecule has 0 N–H and O–H groups in total. The van der Waals surface area contributed by atoms with Crippen LogP contribution in [0.15, 0.2) is 36.4 Å². The molecule has 0 fully saturated rings. The van der Waals surface area contributed by atoms with Crippen LogP contribution in [-0.2, 0) is 13.1 Å². The van der Waals surface area contributed by atoms with E-state index in [-0.39, 0.29) is 0 Å². The summed E-state index contributed by atoms with van der Waals surface area (Å²) >= 11 is 0. The molecule has 0 unspecified atom stereocenters. The molecular weight excluding hydrogens is 208 g/mol. The third-order valence-electron chi connectivity index (χ3n) is 3.48. The van der Waals surface area contributed by atoms with Crippen molar-refractivity contribution in [1.29, 1.82) is 5.26 Å². The molecule has 0 atom stereocenters. The van der Waals surface area contributed by atoms with Crippen molar-refractivity contribution in [3.8, 4) is 6.19 Å². The van der Waals surface area contributed by atoms with Crippen LogP contribution < -0.4 is 0 Å². The zero-order chi connectivity index (χ0) is 11.7. The monoisotopic (exact) mass is 222 g/mol. The Morgan fingerprint density at radius 1 is 1.24 bits per heavy atom. The molecule has 3 rings (SSSR count). The molecule has 0 radical (unpaired) electrons. The Morgan fingerprint density at radius 3 is 2.94 bits per heavy atom. The molecule has 0 bridgehead atoms. The van der Waals surface area contributed by atoms with Gasteiger partial charge in [0.1, 0.15) is 0 Å². The van der Waals surface area contributed by atoms with Crippen LogP contribution in [-0.4, -0.2) is 4.90 Å². The zero-order valence-electron chi connectivity index (χ0n) is 9.69. The molecule has 2 nitrogen and oxygen atoms in total. The third kappa shape index (κ3) is 1.74. The maximum Gasteiger partial charge on any atom is 0.179 e. The van der Waals surface area contributed by atoms with Gasteiger partial charge in [-0.3, -0.25) is 0 Å². The van der Waals surface area contributed by atoms with E-state index in [0.717, 1.165) is 25.9 Å². The van der Waals surface area contributed by atoms with Gasteiger partial charge in [-0.25, -0.2) is 0 Å². The lowest BCUT2D eigenvalue weighted by atomic mass is 9.92. The number of nitrogens with zero attached hydrogens (tertiary/aromatic N) is 2. The van der Waals surface area contributed by atoms with E-state index in [1.54, 1.807) is 0 Å². The molecule has 0 saturated carbocycles. The van der Waals surface area contributed by atoms with E-state index in [2.05, 4.69) is 42.6 Å². The summed E-state index contributed by atoms with van der Waals surface area (Å²) in [6.07, 6.45) is 11.0. The van der Waals surface area contributed by atoms with Crippen LogP contribution in [0.25, 0.3) is 5.57 Å². The Bertz CT molecular complexity index is 547. The van der Waals surface area contributed by atoms with Crippen molar-refractivity contribution in [2.24, 2.45) is 0 Å². The Hall–Kier alpha value is -2.01. The Kier molecular flexibility index (Phi) is 2.45. The molecule has 2 heteroatoms. The number of fused-ring (bicyclic) bond motifs is 1. The second-order valence-corrected chi connectivity index (χ2v) is 4.56. The first kappa shape index (κ1) is 10.2. The van der Waals surface area contributed by atoms with Gasteiger partial charge < -0.3 is 4.90 Å². The summed E-state index contributed by atoms with van der Waals surface area (Å²) in [5.74, 6) is 0. The molecule has 84 valence electrons. The van der Waals surface area contributed by atoms with Crippen molar-refractivity contribution in [3.63, 3.8) is 0 Å². The minimum Gasteiger partial charge on any atom is -0.302 e. The predicted molar refractivity (Wildman–Crippen MR) is 67.7 cm³/mol. The van der Waals surface area contributed by atoms with Gasteiger partial charge in [-0.15, -0.1) is 0 Å². The summed E-state index contributed by atoms with van der Waals surface area (Å²) in [6.45, 7) is 1.53. The Morgan fingerprint density at radius 2 is 2.18 bits per heavy atom. The Labute approximate surface area is 101 Å². The van der Waals surface area contributed by atoms with Gasteiger partial charge in [0.15, 0.2) is 6.19 Å². The smallest absolute Gasteiger partial charge is 0.179 e. The average molecular weight is 222 g/mol. The number of benzene rings is 1. The van der Waals surface area contributed by atoms with Gasteiger partial charge >= 0.3 is 0 Å². The Balaban J connectivity index is 2.03. The van der Waals surface area contributed by atoms with Crippen LogP contribution in [0.5, 0.6) is 0 Å². The molecule has 1 aromatic rings. The SMILES string of the molecule is N#CN1Cc2cccc(C3=CC=CCC3)c2C1. The van der Waals surface area contributed by atoms with E-state index in [1.807, 2.05) is 4.90 Å². The fourth-order valence-electron chi connectivity index (χ4n) is 2.62. The summed E-state index contributed by atoms with van der Waals surface area (Å²) in [5, 5.41) is 8.99. The van der Waals surface area contributed by atoms with Gasteiger partial charge in [-0.05, 0) is 35.1 Å². The van der Waals surface area contributed by atoms with Gasteiger partial charge in [0, 0.05) is 0 Å². The van der Waals surface area contributed by atoms with Gasteiger partial charge in [-0.2, -0.15) is 5.26 Å². The van der Waals surface area contributed by atoms with Crippen LogP contribution in [0.4, 0.5) is 0 Å². The molecule has 0 aromatic heterocycles. The number of hydrogen-bond donors (Lipinski definition) is 0. The van der Waals surface area contributed by atoms with Gasteiger partial charge in [0.25, 0.3) is 0 Å². The second-order valence-electron chi connectivity index (χ2n) is 4.56. The number of allylic oxidation sites excluding steroid dienone is 4. The molecule has 1 heterocycles. The lowest BCUT2D eigenvalue weighted by Gasteiger charge is -2.13. The summed E-state index contributed by atoms with van der Waals surface area (Å²) < 4.78 is 0. The number of rotatable bonds is 1. The molecule has 1 aliphatic heterocycles. The van der Waals surface area contributed by atoms with Crippen molar-refractivity contribution < 1.29 is 0 Å². The average Bonchev–Trinajstić information content (AvgIpc) is 2.82. The fourth-order valence-corrected chi connectivity index (χ4v) is 2.62. The number of nitriles is 1. The van der Waals surface area contributed by atoms with Crippen LogP contribution in [0.3, 0.4) is 0 Å². The van der Waals surface area contributed by atoms with Gasteiger partial charge in [0.2, 0.25) is 0 Å². The highest BCUT2D eigenvalue weighted by molar-refractivity contribution is 5.72. The molecular formula is C15H14N2. The van der Waals surface area contributed by atoms with Crippen molar-refractivity contribution in [2.75, 3.05) is 0 Å². The van der Waals surface area contributed by atoms with Crippen molar-refractivity contribution >= 4 is 5.57 Å². The zero-order valence-corrected chi connectivity index (χ0v) is 9.69. The molecule has 2 aliphatic rings. The van der Waals surface area contributed by atoms with Gasteiger partial charge in [0.05, 0.1) is 13.1 Å². The standard InChI is InChI=1S/C15H14N2/c16-11-17-9-13-7-4-8-14(15(13)10-17)12-5-2-1-3-6-12/h1-2,4-5,7-8H,3,6,9-10H2. The minimum absolute atomic E-state index is 0.767. The van der Waals surface area contributed by atoms with Crippen molar-refractivity contribution in [2.45, 2.75) is 25.9 Å². The minimum atomic E-state index is 0.767. The molecule has 0 amide bonds. The van der Waals surface area contributed by atoms with Crippen molar-refractivity contribution in [1.82, 2.24) is 4.90 Å². The molecule has 1 aromatic carbocycles. The summed E-state index contributed by atoms with van der Waals surface area (Å²) in [5.41, 5.74) is 5.39. The molecule has 0 saturated heterocycles. The summed E-state index contributed by atoms with van der Waals surface area (Å²) in [4.78, 5) is 1.81. The predicted octanol–water partition coefficient (Wildman–Crippen LogP) is 3.22. The molecule has 1 aliphatic carbocycles. The van der Waals surface area contributed by atoms with E-state index in [1.165, 1.54) is 22.3 Å². The van der Waals surface area contributed by atoms with Crippen molar-refractivity contribution in [3.05, 3.63) is 53.1 Å². The van der Waals surface area contributed by atoms with E-state index in [9.17, 15) is 0 Å². The van der Waals surface area contributed by atoms with Gasteiger partial charge in [-0.1, -0.05) is 36.4 Å². The lowest BCUT2D eigenvalue weighted by molar-refractivity contribution is 0.417. The second kappa shape index (κ2) is 4.10. The van der Waals surface area contributed by atoms with E-state index in [0.29, 0.717) is 0 Å². The molecule has 17 heavy (non-hydrogen) atoms. The van der Waals surface area contributed by atoms with Crippen LogP contribution in [0.2, 0.25) is 0 Å². The summed E-state index contributed by atoms with van der Waals surface area (Å²) in [7, 11) is 0. The quantitative estimate of drug-likeness (QED) is 0.682. The normalized spacial score (nSPS) is 17.6. The van der Waals surface area contributed by atoms with E-state index < -0.39 is 0 Å².